The molecule has 0 aliphatic rings. The van der Waals surface area contributed by atoms with Crippen LogP contribution in [0, 0.1) is 11.6 Å². The van der Waals surface area contributed by atoms with E-state index in [0.29, 0.717) is 4.70 Å². The third-order valence-electron chi connectivity index (χ3n) is 5.50. The van der Waals surface area contributed by atoms with Crippen molar-refractivity contribution in [3.8, 4) is 0 Å². The van der Waals surface area contributed by atoms with Crippen molar-refractivity contribution in [3.63, 3.8) is 0 Å². The fourth-order valence-electron chi connectivity index (χ4n) is 3.74. The first-order chi connectivity index (χ1) is 17.2. The van der Waals surface area contributed by atoms with E-state index in [1.54, 1.807) is 6.92 Å². The molecule has 3 aromatic carbocycles. The van der Waals surface area contributed by atoms with Gasteiger partial charge >= 0.3 is 0 Å². The van der Waals surface area contributed by atoms with E-state index in [9.17, 15) is 22.0 Å². The minimum Gasteiger partial charge on any atom is -0.310 e. The fraction of sp³-hybridized carbons (Fsp3) is 0.154. The van der Waals surface area contributed by atoms with Crippen molar-refractivity contribution in [2.24, 2.45) is 4.99 Å². The van der Waals surface area contributed by atoms with E-state index in [0.717, 1.165) is 23.0 Å². The zero-order chi connectivity index (χ0) is 25.9. The van der Waals surface area contributed by atoms with Gasteiger partial charge in [-0.1, -0.05) is 54.7 Å². The lowest BCUT2D eigenvalue weighted by atomic mass is 10.2. The van der Waals surface area contributed by atoms with Gasteiger partial charge in [-0.15, -0.1) is 6.58 Å². The fourth-order valence-corrected chi connectivity index (χ4v) is 6.25. The highest BCUT2D eigenvalue weighted by Crippen LogP contribution is 2.23. The third-order valence-corrected chi connectivity index (χ3v) is 8.46. The summed E-state index contributed by atoms with van der Waals surface area (Å²) in [6.45, 7) is 6.08. The smallest absolute Gasteiger partial charge is 0.279 e. The monoisotopic (exact) mass is 527 g/mol. The molecule has 186 valence electrons. The van der Waals surface area contributed by atoms with Crippen LogP contribution >= 0.6 is 11.3 Å². The van der Waals surface area contributed by atoms with Crippen molar-refractivity contribution in [3.05, 3.63) is 107 Å². The van der Waals surface area contributed by atoms with Gasteiger partial charge in [-0.05, 0) is 35.9 Å². The lowest BCUT2D eigenvalue weighted by Crippen LogP contribution is -2.30. The number of benzene rings is 3. The van der Waals surface area contributed by atoms with Gasteiger partial charge in [0.1, 0.15) is 5.82 Å². The van der Waals surface area contributed by atoms with Crippen molar-refractivity contribution in [2.45, 2.75) is 24.9 Å². The van der Waals surface area contributed by atoms with E-state index in [4.69, 9.17) is 0 Å². The Morgan fingerprint density at radius 1 is 1.11 bits per heavy atom. The number of fused-ring (bicyclic) bond motifs is 1. The van der Waals surface area contributed by atoms with Crippen molar-refractivity contribution in [1.82, 2.24) is 8.87 Å². The molecule has 0 unspecified atom stereocenters. The molecule has 1 amide bonds. The maximum Gasteiger partial charge on any atom is 0.279 e. The van der Waals surface area contributed by atoms with Crippen LogP contribution in [0.4, 0.5) is 8.78 Å². The molecule has 0 atom stereocenters. The summed E-state index contributed by atoms with van der Waals surface area (Å²) in [5, 5.41) is 0. The Labute approximate surface area is 211 Å². The number of nitrogens with zero attached hydrogens (tertiary/aromatic N) is 3. The van der Waals surface area contributed by atoms with Crippen molar-refractivity contribution < 1.29 is 22.0 Å². The van der Waals surface area contributed by atoms with Crippen LogP contribution in [-0.2, 0) is 23.1 Å². The summed E-state index contributed by atoms with van der Waals surface area (Å²) in [6, 6.07) is 16.7. The van der Waals surface area contributed by atoms with Gasteiger partial charge in [0.25, 0.3) is 5.91 Å². The lowest BCUT2D eigenvalue weighted by molar-refractivity contribution is 0.0997. The maximum absolute atomic E-state index is 14.4. The number of aromatic nitrogens is 1. The summed E-state index contributed by atoms with van der Waals surface area (Å²) in [6.07, 6.45) is 1.52. The first kappa shape index (κ1) is 25.6. The average Bonchev–Trinajstić information content (AvgIpc) is 3.20. The van der Waals surface area contributed by atoms with Crippen LogP contribution in [0.1, 0.15) is 22.8 Å². The Morgan fingerprint density at radius 2 is 1.81 bits per heavy atom. The van der Waals surface area contributed by atoms with Crippen LogP contribution in [0.5, 0.6) is 0 Å². The first-order valence-corrected chi connectivity index (χ1v) is 13.3. The molecule has 4 rings (SSSR count). The molecule has 0 saturated carbocycles. The normalized spacial score (nSPS) is 12.4. The molecular weight excluding hydrogens is 504 g/mol. The number of carbonyl (C=O) groups excluding carboxylic acids is 1. The van der Waals surface area contributed by atoms with E-state index in [1.165, 1.54) is 45.3 Å². The van der Waals surface area contributed by atoms with Gasteiger partial charge in [0.05, 0.1) is 15.1 Å². The number of rotatable bonds is 8. The SMILES string of the molecule is C=CCn1c(=NC(=O)c2ccc(S(=O)(=O)N(CC)Cc3ccccc3)cc2)sc2cc(F)cc(F)c21. The zero-order valence-electron chi connectivity index (χ0n) is 19.4. The molecule has 0 spiro atoms. The van der Waals surface area contributed by atoms with Gasteiger partial charge in [0.2, 0.25) is 10.0 Å². The largest absolute Gasteiger partial charge is 0.310 e. The highest BCUT2D eigenvalue weighted by molar-refractivity contribution is 7.89. The molecule has 10 heteroatoms. The van der Waals surface area contributed by atoms with Gasteiger partial charge in [-0.3, -0.25) is 4.79 Å². The maximum atomic E-state index is 14.4. The predicted molar refractivity (Wildman–Crippen MR) is 136 cm³/mol. The Bertz CT molecular complexity index is 1590. The summed E-state index contributed by atoms with van der Waals surface area (Å²) in [5.74, 6) is -2.13. The zero-order valence-corrected chi connectivity index (χ0v) is 21.0. The molecule has 1 heterocycles. The van der Waals surface area contributed by atoms with Gasteiger partial charge < -0.3 is 4.57 Å². The number of hydrogen-bond acceptors (Lipinski definition) is 4. The summed E-state index contributed by atoms with van der Waals surface area (Å²) in [7, 11) is -3.79. The lowest BCUT2D eigenvalue weighted by Gasteiger charge is -2.20. The van der Waals surface area contributed by atoms with Crippen LogP contribution in [0.15, 0.2) is 89.3 Å². The highest BCUT2D eigenvalue weighted by Gasteiger charge is 2.23. The number of allylic oxidation sites excluding steroid dienone is 1. The summed E-state index contributed by atoms with van der Waals surface area (Å²) < 4.78 is 57.5. The predicted octanol–water partition coefficient (Wildman–Crippen LogP) is 5.12. The summed E-state index contributed by atoms with van der Waals surface area (Å²) in [4.78, 5) is 17.2. The van der Waals surface area contributed by atoms with Crippen molar-refractivity contribution in [1.29, 1.82) is 0 Å². The second-order valence-electron chi connectivity index (χ2n) is 7.88. The molecule has 0 N–H and O–H groups in total. The molecule has 0 fully saturated rings. The Kier molecular flexibility index (Phi) is 7.58. The molecule has 0 aliphatic carbocycles. The van der Waals surface area contributed by atoms with E-state index in [1.807, 2.05) is 30.3 Å². The Morgan fingerprint density at radius 3 is 2.44 bits per heavy atom. The third kappa shape index (κ3) is 5.20. The van der Waals surface area contributed by atoms with Crippen LogP contribution in [-0.4, -0.2) is 29.7 Å². The van der Waals surface area contributed by atoms with E-state index < -0.39 is 27.6 Å². The van der Waals surface area contributed by atoms with Gasteiger partial charge in [-0.25, -0.2) is 17.2 Å². The molecule has 4 aromatic rings. The van der Waals surface area contributed by atoms with Gasteiger partial charge in [-0.2, -0.15) is 9.30 Å². The molecule has 0 radical (unpaired) electrons. The van der Waals surface area contributed by atoms with E-state index in [-0.39, 0.29) is 40.4 Å². The number of thiazole rings is 1. The topological polar surface area (TPSA) is 71.7 Å². The second-order valence-corrected chi connectivity index (χ2v) is 10.8. The molecule has 0 saturated heterocycles. The van der Waals surface area contributed by atoms with Crippen LogP contribution in [0.2, 0.25) is 0 Å². The standard InChI is InChI=1S/C26H23F2N3O3S2/c1-3-14-31-24-22(28)15-20(27)16-23(24)35-26(31)29-25(32)19-10-12-21(13-11-19)36(33,34)30(4-2)17-18-8-6-5-7-9-18/h3,5-13,15-16H,1,4,14,17H2,2H3. The van der Waals surface area contributed by atoms with Crippen LogP contribution < -0.4 is 4.80 Å². The molecule has 0 bridgehead atoms. The van der Waals surface area contributed by atoms with Gasteiger partial charge in [0.15, 0.2) is 10.6 Å². The summed E-state index contributed by atoms with van der Waals surface area (Å²) >= 11 is 0.975. The Balaban J connectivity index is 1.65. The minimum atomic E-state index is -3.79. The van der Waals surface area contributed by atoms with Gasteiger partial charge in [0, 0.05) is 31.3 Å². The first-order valence-electron chi connectivity index (χ1n) is 11.1. The van der Waals surface area contributed by atoms with Crippen molar-refractivity contribution >= 4 is 37.5 Å². The number of hydrogen-bond donors (Lipinski definition) is 0. The number of carbonyl (C=O) groups is 1. The quantitative estimate of drug-likeness (QED) is 0.299. The summed E-state index contributed by atoms with van der Waals surface area (Å²) in [5.41, 5.74) is 1.16. The molecule has 1 aromatic heterocycles. The number of halogens is 2. The van der Waals surface area contributed by atoms with Crippen molar-refractivity contribution in [2.75, 3.05) is 6.54 Å². The average molecular weight is 528 g/mol. The van der Waals surface area contributed by atoms with E-state index in [2.05, 4.69) is 11.6 Å². The van der Waals surface area contributed by atoms with Crippen LogP contribution in [0.3, 0.4) is 0 Å². The molecule has 0 aliphatic heterocycles. The molecule has 6 nitrogen and oxygen atoms in total. The van der Waals surface area contributed by atoms with Crippen LogP contribution in [0.25, 0.3) is 10.2 Å². The minimum absolute atomic E-state index is 0.0537. The Hall–Kier alpha value is -3.47. The second kappa shape index (κ2) is 10.7. The number of sulfonamides is 1. The highest BCUT2D eigenvalue weighted by atomic mass is 32.2. The molecule has 36 heavy (non-hydrogen) atoms. The number of amides is 1. The molecular formula is C26H23F2N3O3S2. The van der Waals surface area contributed by atoms with E-state index >= 15 is 0 Å².